The molecule has 9 nitrogen and oxygen atoms in total. The monoisotopic (exact) mass is 480 g/mol. The number of anilines is 1. The number of nitrogens with one attached hydrogen (secondary N) is 3. The maximum absolute atomic E-state index is 12.8. The lowest BCUT2D eigenvalue weighted by Gasteiger charge is -2.13. The van der Waals surface area contributed by atoms with E-state index in [0.717, 1.165) is 12.1 Å². The van der Waals surface area contributed by atoms with Crippen LogP contribution in [0.2, 0.25) is 0 Å². The highest BCUT2D eigenvalue weighted by atomic mass is 19.4. The third kappa shape index (κ3) is 8.11. The minimum Gasteiger partial charge on any atom is -0.490 e. The molecule has 0 aliphatic heterocycles. The fraction of sp³-hybridized carbons (Fsp3) is 0.273. The summed E-state index contributed by atoms with van der Waals surface area (Å²) < 4.78 is 49.4. The highest BCUT2D eigenvalue weighted by Gasteiger charge is 2.30. The zero-order chi connectivity index (χ0) is 25.1. The number of benzene rings is 2. The summed E-state index contributed by atoms with van der Waals surface area (Å²) in [5, 5.41) is 8.37. The van der Waals surface area contributed by atoms with E-state index in [1.807, 2.05) is 0 Å². The number of carbonyl (C=O) groups excluding carboxylic acids is 3. The lowest BCUT2D eigenvalue weighted by Crippen LogP contribution is -2.37. The van der Waals surface area contributed by atoms with Crippen LogP contribution >= 0.6 is 0 Å². The molecule has 0 bridgehead atoms. The first kappa shape index (κ1) is 26.2. The number of hydrogen-bond donors (Lipinski definition) is 3. The van der Waals surface area contributed by atoms with Crippen molar-refractivity contribution in [2.75, 3.05) is 25.1 Å². The summed E-state index contributed by atoms with van der Waals surface area (Å²) in [5.41, 5.74) is 1.68. The molecular weight excluding hydrogens is 457 g/mol. The van der Waals surface area contributed by atoms with E-state index >= 15 is 0 Å². The third-order valence-corrected chi connectivity index (χ3v) is 4.02. The molecule has 0 saturated heterocycles. The van der Waals surface area contributed by atoms with Gasteiger partial charge in [-0.25, -0.2) is 5.43 Å². The van der Waals surface area contributed by atoms with Gasteiger partial charge < -0.3 is 20.1 Å². The Morgan fingerprint density at radius 1 is 1.00 bits per heavy atom. The quantitative estimate of drug-likeness (QED) is 0.290. The van der Waals surface area contributed by atoms with Crippen molar-refractivity contribution in [2.24, 2.45) is 5.10 Å². The lowest BCUT2D eigenvalue weighted by atomic mass is 10.2. The zero-order valence-corrected chi connectivity index (χ0v) is 18.4. The molecule has 0 aromatic heterocycles. The first-order chi connectivity index (χ1) is 16.1. The summed E-state index contributed by atoms with van der Waals surface area (Å²) in [6.45, 7) is 3.50. The average molecular weight is 480 g/mol. The van der Waals surface area contributed by atoms with Gasteiger partial charge >= 0.3 is 18.0 Å². The molecule has 3 N–H and O–H groups in total. The number of carbonyl (C=O) groups is 3. The van der Waals surface area contributed by atoms with E-state index in [4.69, 9.17) is 9.47 Å². The van der Waals surface area contributed by atoms with Crippen molar-refractivity contribution in [1.29, 1.82) is 0 Å². The molecule has 34 heavy (non-hydrogen) atoms. The SMILES string of the molecule is CCNC(=O)C(=O)N/N=C\c1ccc(OCC(=O)Nc2cccc(C(F)(F)F)c2)c(OCC)c1. The van der Waals surface area contributed by atoms with Gasteiger partial charge in [0.2, 0.25) is 0 Å². The third-order valence-electron chi connectivity index (χ3n) is 4.02. The molecule has 0 aliphatic rings. The first-order valence-corrected chi connectivity index (χ1v) is 10.1. The van der Waals surface area contributed by atoms with Crippen molar-refractivity contribution in [2.45, 2.75) is 20.0 Å². The van der Waals surface area contributed by atoms with Crippen LogP contribution in [-0.2, 0) is 20.6 Å². The van der Waals surface area contributed by atoms with E-state index in [1.54, 1.807) is 19.9 Å². The number of likely N-dealkylation sites (N-methyl/N-ethyl adjacent to an activating group) is 1. The Labute approximate surface area is 193 Å². The summed E-state index contributed by atoms with van der Waals surface area (Å²) in [6.07, 6.45) is -3.25. The Kier molecular flexibility index (Phi) is 9.41. The van der Waals surface area contributed by atoms with Crippen LogP contribution in [-0.4, -0.2) is 43.7 Å². The van der Waals surface area contributed by atoms with Gasteiger partial charge in [-0.05, 0) is 55.8 Å². The Balaban J connectivity index is 2.00. The standard InChI is InChI=1S/C22H23F3N4O5/c1-3-26-20(31)21(32)29-27-12-14-8-9-17(18(10-14)33-4-2)34-13-19(30)28-16-7-5-6-15(11-16)22(23,24)25/h5-12H,3-4,13H2,1-2H3,(H,26,31)(H,28,30)(H,29,32)/b27-12-. The van der Waals surface area contributed by atoms with E-state index < -0.39 is 36.1 Å². The molecule has 3 amide bonds. The minimum atomic E-state index is -4.53. The van der Waals surface area contributed by atoms with Gasteiger partial charge in [0.25, 0.3) is 5.91 Å². The molecule has 0 saturated carbocycles. The van der Waals surface area contributed by atoms with Gasteiger partial charge in [-0.15, -0.1) is 0 Å². The maximum Gasteiger partial charge on any atom is 0.416 e. The van der Waals surface area contributed by atoms with Gasteiger partial charge in [0.1, 0.15) is 0 Å². The highest BCUT2D eigenvalue weighted by molar-refractivity contribution is 6.35. The Morgan fingerprint density at radius 3 is 2.44 bits per heavy atom. The van der Waals surface area contributed by atoms with E-state index in [-0.39, 0.29) is 23.8 Å². The van der Waals surface area contributed by atoms with Crippen molar-refractivity contribution < 1.29 is 37.0 Å². The number of ether oxygens (including phenoxy) is 2. The number of rotatable bonds is 9. The second-order valence-corrected chi connectivity index (χ2v) is 6.61. The molecular formula is C22H23F3N4O5. The molecule has 0 unspecified atom stereocenters. The van der Waals surface area contributed by atoms with E-state index in [1.165, 1.54) is 30.5 Å². The second-order valence-electron chi connectivity index (χ2n) is 6.61. The molecule has 0 radical (unpaired) electrons. The number of alkyl halides is 3. The Morgan fingerprint density at radius 2 is 1.76 bits per heavy atom. The second kappa shape index (κ2) is 12.2. The van der Waals surface area contributed by atoms with Gasteiger partial charge in [-0.3, -0.25) is 14.4 Å². The summed E-state index contributed by atoms with van der Waals surface area (Å²) in [7, 11) is 0. The number of halogens is 3. The Bertz CT molecular complexity index is 1060. The van der Waals surface area contributed by atoms with Crippen LogP contribution in [0.3, 0.4) is 0 Å². The van der Waals surface area contributed by atoms with E-state index in [2.05, 4.69) is 21.2 Å². The molecule has 2 aromatic rings. The predicted molar refractivity (Wildman–Crippen MR) is 118 cm³/mol. The molecule has 12 heteroatoms. The number of amides is 3. The summed E-state index contributed by atoms with van der Waals surface area (Å²) in [4.78, 5) is 35.0. The fourth-order valence-corrected chi connectivity index (χ4v) is 2.56. The van der Waals surface area contributed by atoms with E-state index in [9.17, 15) is 27.6 Å². The molecule has 2 aromatic carbocycles. The van der Waals surface area contributed by atoms with Crippen LogP contribution in [0.25, 0.3) is 0 Å². The molecule has 0 heterocycles. The molecule has 2 rings (SSSR count). The molecule has 0 fully saturated rings. The van der Waals surface area contributed by atoms with Gasteiger partial charge in [-0.2, -0.15) is 18.3 Å². The fourth-order valence-electron chi connectivity index (χ4n) is 2.56. The number of hydrazone groups is 1. The highest BCUT2D eigenvalue weighted by Crippen LogP contribution is 2.31. The van der Waals surface area contributed by atoms with Crippen LogP contribution in [0.15, 0.2) is 47.6 Å². The number of nitrogens with zero attached hydrogens (tertiary/aromatic N) is 1. The van der Waals surface area contributed by atoms with Crippen molar-refractivity contribution in [3.05, 3.63) is 53.6 Å². The van der Waals surface area contributed by atoms with Crippen LogP contribution < -0.4 is 25.5 Å². The smallest absolute Gasteiger partial charge is 0.416 e. The first-order valence-electron chi connectivity index (χ1n) is 10.1. The molecule has 182 valence electrons. The van der Waals surface area contributed by atoms with Crippen molar-refractivity contribution in [3.8, 4) is 11.5 Å². The average Bonchev–Trinajstić information content (AvgIpc) is 2.78. The Hall–Kier alpha value is -4.09. The van der Waals surface area contributed by atoms with Crippen LogP contribution in [0.5, 0.6) is 11.5 Å². The molecule has 0 atom stereocenters. The van der Waals surface area contributed by atoms with Gasteiger partial charge in [0.15, 0.2) is 18.1 Å². The van der Waals surface area contributed by atoms with E-state index in [0.29, 0.717) is 12.1 Å². The molecule has 0 aliphatic carbocycles. The predicted octanol–water partition coefficient (Wildman–Crippen LogP) is 2.71. The molecule has 0 spiro atoms. The van der Waals surface area contributed by atoms with Crippen LogP contribution in [0, 0.1) is 0 Å². The summed E-state index contributed by atoms with van der Waals surface area (Å²) in [5.74, 6) is -1.92. The van der Waals surface area contributed by atoms with Crippen molar-refractivity contribution >= 4 is 29.6 Å². The van der Waals surface area contributed by atoms with Crippen molar-refractivity contribution in [3.63, 3.8) is 0 Å². The maximum atomic E-state index is 12.8. The summed E-state index contributed by atoms with van der Waals surface area (Å²) in [6, 6.07) is 8.83. The van der Waals surface area contributed by atoms with Gasteiger partial charge in [-0.1, -0.05) is 6.07 Å². The largest absolute Gasteiger partial charge is 0.490 e. The van der Waals surface area contributed by atoms with Crippen LogP contribution in [0.1, 0.15) is 25.0 Å². The lowest BCUT2D eigenvalue weighted by molar-refractivity contribution is -0.139. The topological polar surface area (TPSA) is 118 Å². The number of hydrogen-bond acceptors (Lipinski definition) is 6. The van der Waals surface area contributed by atoms with Gasteiger partial charge in [0, 0.05) is 12.2 Å². The zero-order valence-electron chi connectivity index (χ0n) is 18.4. The summed E-state index contributed by atoms with van der Waals surface area (Å²) >= 11 is 0. The van der Waals surface area contributed by atoms with Crippen LogP contribution in [0.4, 0.5) is 18.9 Å². The van der Waals surface area contributed by atoms with Gasteiger partial charge in [0.05, 0.1) is 18.4 Å². The van der Waals surface area contributed by atoms with Crippen molar-refractivity contribution in [1.82, 2.24) is 10.7 Å². The minimum absolute atomic E-state index is 0.0188. The normalized spacial score (nSPS) is 11.1.